The predicted octanol–water partition coefficient (Wildman–Crippen LogP) is 7.45. The highest BCUT2D eigenvalue weighted by Crippen LogP contribution is 2.49. The number of rotatable bonds is 21. The van der Waals surface area contributed by atoms with Crippen LogP contribution in [-0.2, 0) is 49.3 Å². The number of carbonyl (C=O) groups excluding carboxylic acids is 1. The maximum absolute atomic E-state index is 15.7. The van der Waals surface area contributed by atoms with Crippen LogP contribution < -0.4 is 0 Å². The van der Waals surface area contributed by atoms with Crippen LogP contribution in [0.3, 0.4) is 0 Å². The Balaban J connectivity index is 1.46. The summed E-state index contributed by atoms with van der Waals surface area (Å²) in [5.41, 5.74) is -1.30. The van der Waals surface area contributed by atoms with Gasteiger partial charge in [-0.2, -0.15) is 10.4 Å². The monoisotopic (exact) mass is 788 g/mol. The fourth-order valence-corrected chi connectivity index (χ4v) is 7.69. The van der Waals surface area contributed by atoms with Crippen molar-refractivity contribution < 1.29 is 50.3 Å². The van der Waals surface area contributed by atoms with Crippen LogP contribution in [0.5, 0.6) is 0 Å². The first-order valence-corrected chi connectivity index (χ1v) is 19.1. The SMILES string of the molecule is C=CCOP(=O)(OCC=C)OCCCC(=O)O[C@@](Cn1cncn1)(c1ccc(F)cc1F)[C@@H](C)SC1COC(C=CC=Cc2ccc(C#N)cc2F)OC1. The molecule has 17 heteroatoms. The summed E-state index contributed by atoms with van der Waals surface area (Å²) < 4.78 is 91.9. The number of ether oxygens (including phenoxy) is 3. The number of phosphoric acid groups is 1. The summed E-state index contributed by atoms with van der Waals surface area (Å²) in [5.74, 6) is -3.03. The van der Waals surface area contributed by atoms with E-state index in [4.69, 9.17) is 33.0 Å². The van der Waals surface area contributed by atoms with Crippen LogP contribution in [0.4, 0.5) is 13.2 Å². The number of phosphoric ester groups is 1. The number of halogens is 3. The lowest BCUT2D eigenvalue weighted by Crippen LogP contribution is -2.47. The summed E-state index contributed by atoms with van der Waals surface area (Å²) in [6, 6.07) is 9.08. The normalized spacial score (nSPS) is 17.9. The Morgan fingerprint density at radius 2 is 1.85 bits per heavy atom. The molecule has 0 N–H and O–H groups in total. The van der Waals surface area contributed by atoms with Crippen molar-refractivity contribution in [3.8, 4) is 6.07 Å². The second kappa shape index (κ2) is 20.9. The average Bonchev–Trinajstić information content (AvgIpc) is 3.67. The highest BCUT2D eigenvalue weighted by atomic mass is 32.2. The minimum Gasteiger partial charge on any atom is -0.451 e. The maximum Gasteiger partial charge on any atom is 0.475 e. The molecule has 12 nitrogen and oxygen atoms in total. The van der Waals surface area contributed by atoms with Crippen LogP contribution in [0, 0.1) is 28.8 Å². The third kappa shape index (κ3) is 12.4. The van der Waals surface area contributed by atoms with Crippen LogP contribution in [0.2, 0.25) is 0 Å². The number of thioether (sulfide) groups is 1. The first kappa shape index (κ1) is 42.4. The van der Waals surface area contributed by atoms with Crippen LogP contribution in [0.15, 0.2) is 92.6 Å². The smallest absolute Gasteiger partial charge is 0.451 e. The molecule has 0 bridgehead atoms. The number of hydrogen-bond acceptors (Lipinski definition) is 12. The lowest BCUT2D eigenvalue weighted by molar-refractivity contribution is -0.164. The summed E-state index contributed by atoms with van der Waals surface area (Å²) in [7, 11) is -3.97. The van der Waals surface area contributed by atoms with E-state index in [1.165, 1.54) is 59.4 Å². The van der Waals surface area contributed by atoms with Crippen molar-refractivity contribution in [1.82, 2.24) is 14.8 Å². The molecule has 0 spiro atoms. The average molecular weight is 789 g/mol. The van der Waals surface area contributed by atoms with Crippen LogP contribution in [-0.4, -0.2) is 70.6 Å². The molecule has 2 aromatic carbocycles. The van der Waals surface area contributed by atoms with Gasteiger partial charge in [-0.05, 0) is 43.7 Å². The molecule has 1 aliphatic heterocycles. The molecule has 1 saturated heterocycles. The van der Waals surface area contributed by atoms with E-state index in [2.05, 4.69) is 23.2 Å². The van der Waals surface area contributed by atoms with Gasteiger partial charge in [0.05, 0.1) is 56.5 Å². The van der Waals surface area contributed by atoms with Gasteiger partial charge in [-0.1, -0.05) is 36.4 Å². The molecule has 54 heavy (non-hydrogen) atoms. The highest BCUT2D eigenvalue weighted by Gasteiger charge is 2.46. The molecule has 0 radical (unpaired) electrons. The topological polar surface area (TPSA) is 144 Å². The standard InChI is InChI=1S/C37H40F3N4O8PS/c1-4-16-49-53(46,50-17-5-2)51-18-8-10-35(45)52-37(24-44-26-42-25-43-44,32-15-14-30(38)20-34(32)40)27(3)54-31-22-47-36(48-23-31)11-7-6-9-29-13-12-28(21-41)19-33(29)39/h4-7,9,11-15,19-20,25-27,31,36H,1-2,8,10,16-18,22-24H2,3H3/t27-,31?,36?,37-/m1/s1. The first-order chi connectivity index (χ1) is 26.0. The molecule has 0 amide bonds. The number of hydrogen-bond donors (Lipinski definition) is 0. The van der Waals surface area contributed by atoms with E-state index in [0.29, 0.717) is 11.6 Å². The van der Waals surface area contributed by atoms with Crippen LogP contribution in [0.1, 0.15) is 36.5 Å². The second-order valence-corrected chi connectivity index (χ2v) is 15.0. The van der Waals surface area contributed by atoms with Gasteiger partial charge < -0.3 is 14.2 Å². The third-order valence-electron chi connectivity index (χ3n) is 7.75. The Morgan fingerprint density at radius 3 is 2.48 bits per heavy atom. The first-order valence-electron chi connectivity index (χ1n) is 16.7. The molecule has 0 saturated carbocycles. The summed E-state index contributed by atoms with van der Waals surface area (Å²) in [6.45, 7) is 8.58. The van der Waals surface area contributed by atoms with E-state index >= 15 is 4.39 Å². The Morgan fingerprint density at radius 1 is 1.11 bits per heavy atom. The van der Waals surface area contributed by atoms with E-state index in [1.54, 1.807) is 31.2 Å². The Kier molecular flexibility index (Phi) is 16.4. The molecule has 2 atom stereocenters. The maximum atomic E-state index is 15.7. The minimum absolute atomic E-state index is 0.0291. The van der Waals surface area contributed by atoms with Gasteiger partial charge in [0.2, 0.25) is 0 Å². The quantitative estimate of drug-likeness (QED) is 0.0348. The van der Waals surface area contributed by atoms with E-state index in [1.807, 2.05) is 6.07 Å². The molecular weight excluding hydrogens is 748 g/mol. The number of benzene rings is 2. The van der Waals surface area contributed by atoms with Crippen molar-refractivity contribution in [2.24, 2.45) is 0 Å². The Labute approximate surface area is 315 Å². The van der Waals surface area contributed by atoms with Crippen LogP contribution in [0.25, 0.3) is 6.08 Å². The van der Waals surface area contributed by atoms with Gasteiger partial charge in [-0.25, -0.2) is 27.4 Å². The zero-order valence-corrected chi connectivity index (χ0v) is 31.1. The summed E-state index contributed by atoms with van der Waals surface area (Å²) in [5, 5.41) is 12.1. The van der Waals surface area contributed by atoms with Crippen molar-refractivity contribution in [2.75, 3.05) is 33.0 Å². The molecule has 0 aliphatic carbocycles. The fraction of sp³-hybridized carbons (Fsp3) is 0.351. The van der Waals surface area contributed by atoms with Crippen molar-refractivity contribution >= 4 is 31.6 Å². The lowest BCUT2D eigenvalue weighted by Gasteiger charge is -2.40. The number of esters is 1. The van der Waals surface area contributed by atoms with Gasteiger partial charge in [0.25, 0.3) is 0 Å². The number of carbonyl (C=O) groups is 1. The zero-order valence-electron chi connectivity index (χ0n) is 29.4. The third-order valence-corrected chi connectivity index (χ3v) is 10.6. The Hall–Kier alpha value is -4.33. The predicted molar refractivity (Wildman–Crippen MR) is 195 cm³/mol. The molecular formula is C37H40F3N4O8PS. The summed E-state index contributed by atoms with van der Waals surface area (Å²) in [4.78, 5) is 17.5. The largest absolute Gasteiger partial charge is 0.475 e. The van der Waals surface area contributed by atoms with Crippen molar-refractivity contribution in [2.45, 2.75) is 48.7 Å². The molecule has 3 aromatic rings. The van der Waals surface area contributed by atoms with Crippen molar-refractivity contribution in [1.29, 1.82) is 5.26 Å². The van der Waals surface area contributed by atoms with Gasteiger partial charge in [-0.3, -0.25) is 18.4 Å². The molecule has 1 aromatic heterocycles. The van der Waals surface area contributed by atoms with Crippen molar-refractivity contribution in [3.63, 3.8) is 0 Å². The number of allylic oxidation sites excluding steroid dienone is 2. The minimum atomic E-state index is -3.97. The van der Waals surface area contributed by atoms with Gasteiger partial charge in [0, 0.05) is 28.9 Å². The summed E-state index contributed by atoms with van der Waals surface area (Å²) >= 11 is 1.32. The van der Waals surface area contributed by atoms with E-state index in [9.17, 15) is 18.1 Å². The van der Waals surface area contributed by atoms with Gasteiger partial charge in [0.1, 0.15) is 30.1 Å². The van der Waals surface area contributed by atoms with E-state index < -0.39 is 48.4 Å². The van der Waals surface area contributed by atoms with Gasteiger partial charge in [0.15, 0.2) is 11.9 Å². The fourth-order valence-electron chi connectivity index (χ4n) is 5.17. The number of nitriles is 1. The number of aromatic nitrogens is 3. The van der Waals surface area contributed by atoms with Gasteiger partial charge in [-0.15, -0.1) is 24.9 Å². The van der Waals surface area contributed by atoms with E-state index in [0.717, 1.165) is 12.1 Å². The molecule has 1 aliphatic rings. The van der Waals surface area contributed by atoms with Crippen molar-refractivity contribution in [3.05, 3.63) is 127 Å². The van der Waals surface area contributed by atoms with E-state index in [-0.39, 0.29) is 68.8 Å². The molecule has 288 valence electrons. The molecule has 1 fully saturated rings. The Bertz CT molecular complexity index is 1850. The summed E-state index contributed by atoms with van der Waals surface area (Å²) in [6.07, 6.45) is 10.9. The highest BCUT2D eigenvalue weighted by molar-refractivity contribution is 8.00. The van der Waals surface area contributed by atoms with Crippen LogP contribution >= 0.6 is 19.6 Å². The lowest BCUT2D eigenvalue weighted by atomic mass is 9.89. The number of nitrogens with zero attached hydrogens (tertiary/aromatic N) is 4. The molecule has 0 unspecified atom stereocenters. The molecule has 2 heterocycles. The van der Waals surface area contributed by atoms with Gasteiger partial charge >= 0.3 is 13.8 Å². The molecule has 4 rings (SSSR count). The zero-order chi connectivity index (χ0) is 39.0. The second-order valence-electron chi connectivity index (χ2n) is 11.7.